The second-order valence-corrected chi connectivity index (χ2v) is 5.35. The van der Waals surface area contributed by atoms with Crippen molar-refractivity contribution in [2.75, 3.05) is 24.4 Å². The molecule has 10 heteroatoms. The Labute approximate surface area is 157 Å². The molecule has 2 amide bonds. The Morgan fingerprint density at radius 3 is 2.21 bits per heavy atom. The number of methoxy groups -OCH3 is 1. The monoisotopic (exact) mass is 396 g/mol. The van der Waals surface area contributed by atoms with E-state index in [9.17, 15) is 27.6 Å². The van der Waals surface area contributed by atoms with Crippen molar-refractivity contribution < 1.29 is 37.0 Å². The molecule has 0 aromatic heterocycles. The van der Waals surface area contributed by atoms with Gasteiger partial charge in [-0.25, -0.2) is 4.79 Å². The lowest BCUT2D eigenvalue weighted by Crippen LogP contribution is -2.29. The van der Waals surface area contributed by atoms with Crippen LogP contribution in [-0.2, 0) is 14.3 Å². The standard InChI is InChI=1S/C18H15F3N2O5/c1-27-14-5-3-2-4-13(14)23-15(24)10-28-16(25)11-6-8-12(9-7-11)22-17(26)18(19,20)21/h2-9H,10H2,1H3,(H,22,26)(H,23,24). The third kappa shape index (κ3) is 5.73. The molecule has 0 aliphatic rings. The Morgan fingerprint density at radius 2 is 1.61 bits per heavy atom. The zero-order chi connectivity index (χ0) is 20.7. The van der Waals surface area contributed by atoms with E-state index in [2.05, 4.69) is 5.32 Å². The number of alkyl halides is 3. The first kappa shape index (κ1) is 20.7. The summed E-state index contributed by atoms with van der Waals surface area (Å²) in [5, 5.41) is 4.16. The van der Waals surface area contributed by atoms with Crippen molar-refractivity contribution in [3.63, 3.8) is 0 Å². The molecule has 2 aromatic rings. The van der Waals surface area contributed by atoms with Gasteiger partial charge in [-0.05, 0) is 36.4 Å². The molecule has 148 valence electrons. The average Bonchev–Trinajstić information content (AvgIpc) is 2.66. The van der Waals surface area contributed by atoms with Gasteiger partial charge in [0.25, 0.3) is 5.91 Å². The van der Waals surface area contributed by atoms with Gasteiger partial charge in [-0.2, -0.15) is 13.2 Å². The number of amides is 2. The molecule has 0 unspecified atom stereocenters. The number of nitrogens with one attached hydrogen (secondary N) is 2. The molecule has 2 N–H and O–H groups in total. The minimum absolute atomic E-state index is 0.00454. The van der Waals surface area contributed by atoms with Crippen LogP contribution in [0.3, 0.4) is 0 Å². The number of carbonyl (C=O) groups excluding carboxylic acids is 3. The maximum Gasteiger partial charge on any atom is 0.471 e. The third-order valence-electron chi connectivity index (χ3n) is 3.35. The number of hydrogen-bond donors (Lipinski definition) is 2. The lowest BCUT2D eigenvalue weighted by Gasteiger charge is -2.10. The fraction of sp³-hybridized carbons (Fsp3) is 0.167. The van der Waals surface area contributed by atoms with E-state index in [1.54, 1.807) is 29.6 Å². The minimum Gasteiger partial charge on any atom is -0.495 e. The van der Waals surface area contributed by atoms with Gasteiger partial charge in [0, 0.05) is 5.69 Å². The summed E-state index contributed by atoms with van der Waals surface area (Å²) in [5.41, 5.74) is 0.249. The van der Waals surface area contributed by atoms with E-state index >= 15 is 0 Å². The maximum absolute atomic E-state index is 12.2. The van der Waals surface area contributed by atoms with Gasteiger partial charge in [0.1, 0.15) is 5.75 Å². The van der Waals surface area contributed by atoms with Crippen molar-refractivity contribution in [1.29, 1.82) is 0 Å². The molecule has 0 atom stereocenters. The summed E-state index contributed by atoms with van der Waals surface area (Å²) < 4.78 is 46.5. The van der Waals surface area contributed by atoms with Crippen LogP contribution in [0.25, 0.3) is 0 Å². The second-order valence-electron chi connectivity index (χ2n) is 5.35. The van der Waals surface area contributed by atoms with E-state index in [4.69, 9.17) is 9.47 Å². The number of rotatable bonds is 6. The van der Waals surface area contributed by atoms with Gasteiger partial charge in [0.2, 0.25) is 0 Å². The average molecular weight is 396 g/mol. The SMILES string of the molecule is COc1ccccc1NC(=O)COC(=O)c1ccc(NC(=O)C(F)(F)F)cc1. The Kier molecular flexibility index (Phi) is 6.59. The number of benzene rings is 2. The highest BCUT2D eigenvalue weighted by atomic mass is 19.4. The van der Waals surface area contributed by atoms with Crippen molar-refractivity contribution >= 4 is 29.2 Å². The zero-order valence-electron chi connectivity index (χ0n) is 14.5. The third-order valence-corrected chi connectivity index (χ3v) is 3.35. The fourth-order valence-electron chi connectivity index (χ4n) is 2.04. The summed E-state index contributed by atoms with van der Waals surface area (Å²) in [6.07, 6.45) is -5.02. The second kappa shape index (κ2) is 8.89. The van der Waals surface area contributed by atoms with E-state index in [1.165, 1.54) is 7.11 Å². The highest BCUT2D eigenvalue weighted by molar-refractivity contribution is 5.97. The molecule has 0 spiro atoms. The van der Waals surface area contributed by atoms with Crippen LogP contribution in [-0.4, -0.2) is 37.7 Å². The number of ether oxygens (including phenoxy) is 2. The summed E-state index contributed by atoms with van der Waals surface area (Å²) >= 11 is 0. The zero-order valence-corrected chi connectivity index (χ0v) is 14.5. The number of carbonyl (C=O) groups is 3. The van der Waals surface area contributed by atoms with Crippen LogP contribution >= 0.6 is 0 Å². The number of esters is 1. The predicted octanol–water partition coefficient (Wildman–Crippen LogP) is 2.99. The van der Waals surface area contributed by atoms with Crippen LogP contribution in [0.4, 0.5) is 24.5 Å². The van der Waals surface area contributed by atoms with E-state index in [-0.39, 0.29) is 11.3 Å². The molecular formula is C18H15F3N2O5. The van der Waals surface area contributed by atoms with Crippen LogP contribution in [0, 0.1) is 0 Å². The number of anilines is 2. The molecule has 0 aliphatic heterocycles. The van der Waals surface area contributed by atoms with Crippen molar-refractivity contribution in [1.82, 2.24) is 0 Å². The van der Waals surface area contributed by atoms with E-state index in [0.29, 0.717) is 11.4 Å². The summed E-state index contributed by atoms with van der Waals surface area (Å²) in [6, 6.07) is 11.2. The van der Waals surface area contributed by atoms with Crippen molar-refractivity contribution in [2.24, 2.45) is 0 Å². The summed E-state index contributed by atoms with van der Waals surface area (Å²) in [7, 11) is 1.44. The minimum atomic E-state index is -5.02. The summed E-state index contributed by atoms with van der Waals surface area (Å²) in [5.74, 6) is -3.16. The van der Waals surface area contributed by atoms with Crippen LogP contribution in [0.15, 0.2) is 48.5 Å². The normalized spacial score (nSPS) is 10.7. The quantitative estimate of drug-likeness (QED) is 0.733. The van der Waals surface area contributed by atoms with Crippen LogP contribution < -0.4 is 15.4 Å². The first-order valence-electron chi connectivity index (χ1n) is 7.79. The Bertz CT molecular complexity index is 866. The molecule has 0 heterocycles. The molecule has 0 saturated carbocycles. The molecular weight excluding hydrogens is 381 g/mol. The maximum atomic E-state index is 12.2. The molecule has 2 aromatic carbocycles. The lowest BCUT2D eigenvalue weighted by molar-refractivity contribution is -0.167. The van der Waals surface area contributed by atoms with Crippen LogP contribution in [0.2, 0.25) is 0 Å². The molecule has 0 radical (unpaired) electrons. The van der Waals surface area contributed by atoms with Crippen LogP contribution in [0.1, 0.15) is 10.4 Å². The summed E-state index contributed by atoms with van der Waals surface area (Å²) in [6.45, 7) is -0.580. The lowest BCUT2D eigenvalue weighted by atomic mass is 10.2. The topological polar surface area (TPSA) is 93.7 Å². The van der Waals surface area contributed by atoms with Gasteiger partial charge >= 0.3 is 18.1 Å². The van der Waals surface area contributed by atoms with Gasteiger partial charge in [-0.1, -0.05) is 12.1 Å². The highest BCUT2D eigenvalue weighted by Crippen LogP contribution is 2.23. The number of halogens is 3. The van der Waals surface area contributed by atoms with E-state index in [0.717, 1.165) is 24.3 Å². The summed E-state index contributed by atoms with van der Waals surface area (Å²) in [4.78, 5) is 34.7. The highest BCUT2D eigenvalue weighted by Gasteiger charge is 2.38. The Morgan fingerprint density at radius 1 is 0.964 bits per heavy atom. The van der Waals surface area contributed by atoms with E-state index < -0.39 is 30.6 Å². The van der Waals surface area contributed by atoms with Gasteiger partial charge in [-0.3, -0.25) is 9.59 Å². The fourth-order valence-corrected chi connectivity index (χ4v) is 2.04. The van der Waals surface area contributed by atoms with Crippen molar-refractivity contribution in [2.45, 2.75) is 6.18 Å². The first-order chi connectivity index (χ1) is 13.2. The van der Waals surface area contributed by atoms with Crippen LogP contribution in [0.5, 0.6) is 5.75 Å². The molecule has 0 fully saturated rings. The van der Waals surface area contributed by atoms with Gasteiger partial charge in [-0.15, -0.1) is 0 Å². The molecule has 0 aliphatic carbocycles. The van der Waals surface area contributed by atoms with Crippen molar-refractivity contribution in [3.05, 3.63) is 54.1 Å². The number of hydrogen-bond acceptors (Lipinski definition) is 5. The predicted molar refractivity (Wildman–Crippen MR) is 93.0 cm³/mol. The Hall–Kier alpha value is -3.56. The molecule has 2 rings (SSSR count). The molecule has 28 heavy (non-hydrogen) atoms. The molecule has 0 saturated heterocycles. The van der Waals surface area contributed by atoms with Gasteiger partial charge < -0.3 is 20.1 Å². The Balaban J connectivity index is 1.89. The van der Waals surface area contributed by atoms with Gasteiger partial charge in [0.15, 0.2) is 6.61 Å². The largest absolute Gasteiger partial charge is 0.495 e. The van der Waals surface area contributed by atoms with Gasteiger partial charge in [0.05, 0.1) is 18.4 Å². The molecule has 0 bridgehead atoms. The van der Waals surface area contributed by atoms with Crippen molar-refractivity contribution in [3.8, 4) is 5.75 Å². The van der Waals surface area contributed by atoms with E-state index in [1.807, 2.05) is 0 Å². The smallest absolute Gasteiger partial charge is 0.471 e. The number of para-hydroxylation sites is 2. The first-order valence-corrected chi connectivity index (χ1v) is 7.79. The molecule has 7 nitrogen and oxygen atoms in total.